The number of H-pyrrole nitrogens is 1. The lowest BCUT2D eigenvalue weighted by Crippen LogP contribution is -2.21. The predicted molar refractivity (Wildman–Crippen MR) is 101 cm³/mol. The van der Waals surface area contributed by atoms with Crippen LogP contribution >= 0.6 is 0 Å². The van der Waals surface area contributed by atoms with Crippen LogP contribution in [0.5, 0.6) is 5.75 Å². The van der Waals surface area contributed by atoms with Crippen LogP contribution in [-0.2, 0) is 16.6 Å². The number of fused-ring (bicyclic) bond motifs is 1. The normalized spacial score (nSPS) is 11.8. The zero-order chi connectivity index (χ0) is 19.1. The van der Waals surface area contributed by atoms with Gasteiger partial charge in [-0.2, -0.15) is 0 Å². The molecule has 7 nitrogen and oxygen atoms in total. The summed E-state index contributed by atoms with van der Waals surface area (Å²) >= 11 is 0. The molecular weight excluding hydrogens is 354 g/mol. The van der Waals surface area contributed by atoms with Gasteiger partial charge in [-0.15, -0.1) is 0 Å². The van der Waals surface area contributed by atoms with Crippen molar-refractivity contribution in [3.63, 3.8) is 0 Å². The molecule has 0 fully saturated rings. The molecule has 3 rings (SSSR count). The standard InChI is InChI=1S/C18H19N3O4S/c1-10-6-13(7-11(2)16(10)22)17-20-15-5-4-12(9-19-26(3,24)25)8-14(15)18(23)21-17/h4-8,19,22H,9H2,1-3H3,(H,20,21,23). The van der Waals surface area contributed by atoms with Crippen molar-refractivity contribution >= 4 is 20.9 Å². The molecule has 0 aliphatic rings. The van der Waals surface area contributed by atoms with Crippen LogP contribution in [-0.4, -0.2) is 29.7 Å². The Morgan fingerprint density at radius 1 is 1.15 bits per heavy atom. The number of nitrogens with zero attached hydrogens (tertiary/aromatic N) is 1. The smallest absolute Gasteiger partial charge is 0.259 e. The maximum atomic E-state index is 12.5. The third-order valence-electron chi connectivity index (χ3n) is 4.07. The highest BCUT2D eigenvalue weighted by Gasteiger charge is 2.10. The highest BCUT2D eigenvalue weighted by molar-refractivity contribution is 7.88. The van der Waals surface area contributed by atoms with Gasteiger partial charge < -0.3 is 10.1 Å². The van der Waals surface area contributed by atoms with Crippen LogP contribution in [0, 0.1) is 13.8 Å². The number of nitrogens with one attached hydrogen (secondary N) is 2. The average Bonchev–Trinajstić information content (AvgIpc) is 2.56. The van der Waals surface area contributed by atoms with Crippen LogP contribution < -0.4 is 10.3 Å². The number of aromatic hydroxyl groups is 1. The number of phenols is 1. The molecular formula is C18H19N3O4S. The molecule has 0 spiro atoms. The lowest BCUT2D eigenvalue weighted by atomic mass is 10.0. The molecule has 0 atom stereocenters. The first-order valence-corrected chi connectivity index (χ1v) is 9.81. The zero-order valence-corrected chi connectivity index (χ0v) is 15.4. The van der Waals surface area contributed by atoms with Crippen LogP contribution in [0.1, 0.15) is 16.7 Å². The summed E-state index contributed by atoms with van der Waals surface area (Å²) < 4.78 is 24.8. The first-order valence-electron chi connectivity index (χ1n) is 7.92. The van der Waals surface area contributed by atoms with Crippen molar-refractivity contribution in [2.45, 2.75) is 20.4 Å². The summed E-state index contributed by atoms with van der Waals surface area (Å²) in [6.45, 7) is 3.67. The summed E-state index contributed by atoms with van der Waals surface area (Å²) in [5.41, 5.74) is 2.97. The van der Waals surface area contributed by atoms with Crippen molar-refractivity contribution in [2.75, 3.05) is 6.26 Å². The van der Waals surface area contributed by atoms with Crippen molar-refractivity contribution in [2.24, 2.45) is 0 Å². The molecule has 0 bridgehead atoms. The monoisotopic (exact) mass is 373 g/mol. The molecule has 26 heavy (non-hydrogen) atoms. The van der Waals surface area contributed by atoms with Crippen molar-refractivity contribution in [3.05, 3.63) is 57.4 Å². The number of aryl methyl sites for hydroxylation is 2. The van der Waals surface area contributed by atoms with Crippen LogP contribution in [0.3, 0.4) is 0 Å². The summed E-state index contributed by atoms with van der Waals surface area (Å²) in [4.78, 5) is 19.7. The van der Waals surface area contributed by atoms with Gasteiger partial charge in [0.05, 0.1) is 17.2 Å². The highest BCUT2D eigenvalue weighted by Crippen LogP contribution is 2.27. The third-order valence-corrected chi connectivity index (χ3v) is 4.74. The number of sulfonamides is 1. The number of aromatic nitrogens is 2. The van der Waals surface area contributed by atoms with Gasteiger partial charge in [0, 0.05) is 12.1 Å². The molecule has 1 aromatic heterocycles. The summed E-state index contributed by atoms with van der Waals surface area (Å²) in [5, 5.41) is 10.3. The second-order valence-corrected chi connectivity index (χ2v) is 8.15. The first kappa shape index (κ1) is 18.1. The number of benzene rings is 2. The van der Waals surface area contributed by atoms with Gasteiger partial charge in [0.25, 0.3) is 5.56 Å². The fraction of sp³-hybridized carbons (Fsp3) is 0.222. The molecule has 0 saturated carbocycles. The van der Waals surface area contributed by atoms with E-state index in [2.05, 4.69) is 14.7 Å². The molecule has 136 valence electrons. The maximum absolute atomic E-state index is 12.5. The molecule has 3 aromatic rings. The minimum Gasteiger partial charge on any atom is -0.507 e. The van der Waals surface area contributed by atoms with Crippen LogP contribution in [0.15, 0.2) is 35.1 Å². The van der Waals surface area contributed by atoms with Gasteiger partial charge >= 0.3 is 0 Å². The van der Waals surface area contributed by atoms with Crippen LogP contribution in [0.2, 0.25) is 0 Å². The molecule has 0 radical (unpaired) electrons. The van der Waals surface area contributed by atoms with E-state index in [-0.39, 0.29) is 17.9 Å². The van der Waals surface area contributed by atoms with Gasteiger partial charge in [0.15, 0.2) is 0 Å². The van der Waals surface area contributed by atoms with E-state index < -0.39 is 10.0 Å². The SMILES string of the molecule is Cc1cc(-c2nc3ccc(CNS(C)(=O)=O)cc3c(=O)[nH]2)cc(C)c1O. The van der Waals surface area contributed by atoms with Gasteiger partial charge in [-0.25, -0.2) is 18.1 Å². The number of aromatic amines is 1. The Hall–Kier alpha value is -2.71. The number of rotatable bonds is 4. The lowest BCUT2D eigenvalue weighted by Gasteiger charge is -2.09. The molecule has 8 heteroatoms. The fourth-order valence-electron chi connectivity index (χ4n) is 2.74. The lowest BCUT2D eigenvalue weighted by molar-refractivity contribution is 0.467. The third kappa shape index (κ3) is 3.76. The molecule has 0 unspecified atom stereocenters. The van der Waals surface area contributed by atoms with Gasteiger partial charge in [-0.3, -0.25) is 4.79 Å². The Balaban J connectivity index is 2.05. The summed E-state index contributed by atoms with van der Waals surface area (Å²) in [5.74, 6) is 0.635. The quantitative estimate of drug-likeness (QED) is 0.647. The summed E-state index contributed by atoms with van der Waals surface area (Å²) in [7, 11) is -3.31. The predicted octanol–water partition coefficient (Wildman–Crippen LogP) is 1.96. The first-order chi connectivity index (χ1) is 12.1. The molecule has 0 aliphatic carbocycles. The van der Waals surface area contributed by atoms with Gasteiger partial charge in [-0.1, -0.05) is 6.07 Å². The van der Waals surface area contributed by atoms with E-state index >= 15 is 0 Å². The fourth-order valence-corrected chi connectivity index (χ4v) is 3.17. The maximum Gasteiger partial charge on any atom is 0.259 e. The number of hydrogen-bond acceptors (Lipinski definition) is 5. The Labute approximate surface area is 150 Å². The van der Waals surface area contributed by atoms with Crippen molar-refractivity contribution in [1.82, 2.24) is 14.7 Å². The summed E-state index contributed by atoms with van der Waals surface area (Å²) in [6.07, 6.45) is 1.08. The average molecular weight is 373 g/mol. The largest absolute Gasteiger partial charge is 0.507 e. The second kappa shape index (κ2) is 6.54. The van der Waals surface area contributed by atoms with E-state index in [4.69, 9.17) is 0 Å². The van der Waals surface area contributed by atoms with Crippen LogP contribution in [0.4, 0.5) is 0 Å². The number of phenolic OH excluding ortho intramolecular Hbond substituents is 1. The Morgan fingerprint density at radius 3 is 2.42 bits per heavy atom. The van der Waals surface area contributed by atoms with E-state index in [9.17, 15) is 18.3 Å². The zero-order valence-electron chi connectivity index (χ0n) is 14.6. The van der Waals surface area contributed by atoms with Crippen molar-refractivity contribution < 1.29 is 13.5 Å². The molecule has 0 saturated heterocycles. The van der Waals surface area contributed by atoms with E-state index in [1.165, 1.54) is 0 Å². The molecule has 3 N–H and O–H groups in total. The van der Waals surface area contributed by atoms with Gasteiger partial charge in [0.1, 0.15) is 11.6 Å². The summed E-state index contributed by atoms with van der Waals surface area (Å²) in [6, 6.07) is 8.56. The van der Waals surface area contributed by atoms with Crippen LogP contribution in [0.25, 0.3) is 22.3 Å². The minimum atomic E-state index is -3.31. The van der Waals surface area contributed by atoms with Gasteiger partial charge in [-0.05, 0) is 54.8 Å². The van der Waals surface area contributed by atoms with E-state index in [1.807, 2.05) is 0 Å². The second-order valence-electron chi connectivity index (χ2n) is 6.32. The molecule has 0 amide bonds. The van der Waals surface area contributed by atoms with Crippen molar-refractivity contribution in [1.29, 1.82) is 0 Å². The topological polar surface area (TPSA) is 112 Å². The molecule has 0 aliphatic heterocycles. The Morgan fingerprint density at radius 2 is 1.81 bits per heavy atom. The van der Waals surface area contributed by atoms with E-state index in [0.29, 0.717) is 39.0 Å². The Bertz CT molecular complexity index is 1140. The van der Waals surface area contributed by atoms with E-state index in [1.54, 1.807) is 44.2 Å². The van der Waals surface area contributed by atoms with E-state index in [0.717, 1.165) is 6.26 Å². The van der Waals surface area contributed by atoms with Gasteiger partial charge in [0.2, 0.25) is 10.0 Å². The Kier molecular flexibility index (Phi) is 4.55. The minimum absolute atomic E-state index is 0.103. The molecule has 2 aromatic carbocycles. The molecule has 1 heterocycles. The highest BCUT2D eigenvalue weighted by atomic mass is 32.2. The van der Waals surface area contributed by atoms with Crippen molar-refractivity contribution in [3.8, 4) is 17.1 Å². The number of hydrogen-bond donors (Lipinski definition) is 3.